The van der Waals surface area contributed by atoms with Gasteiger partial charge in [0.25, 0.3) is 5.56 Å². The maximum Gasteiger partial charge on any atom is 0.333 e. The number of unbranched alkanes of at least 4 members (excludes halogenated alkanes) is 3. The van der Waals surface area contributed by atoms with Gasteiger partial charge in [-0.25, -0.2) is 4.79 Å². The van der Waals surface area contributed by atoms with E-state index in [-0.39, 0.29) is 29.1 Å². The lowest BCUT2D eigenvalue weighted by atomic mass is 10.00. The second-order valence-corrected chi connectivity index (χ2v) is 12.3. The normalized spacial score (nSPS) is 15.5. The van der Waals surface area contributed by atoms with Gasteiger partial charge in [0.05, 0.1) is 0 Å². The summed E-state index contributed by atoms with van der Waals surface area (Å²) in [5, 5.41) is 11.1. The first-order chi connectivity index (χ1) is 19.4. The minimum atomic E-state index is -0.845. The molecule has 1 N–H and O–H groups in total. The Bertz CT molecular complexity index is 1250. The number of carbonyl (C=O) groups is 1. The topological polar surface area (TPSA) is 97.0 Å². The summed E-state index contributed by atoms with van der Waals surface area (Å²) in [5.41, 5.74) is -0.714. The third-order valence-electron chi connectivity index (χ3n) is 7.93. The van der Waals surface area contributed by atoms with Gasteiger partial charge in [0, 0.05) is 62.9 Å². The van der Waals surface area contributed by atoms with Crippen molar-refractivity contribution in [3.63, 3.8) is 0 Å². The molecule has 0 spiro atoms. The first-order valence-corrected chi connectivity index (χ1v) is 15.2. The van der Waals surface area contributed by atoms with Crippen LogP contribution in [0.5, 0.6) is 5.75 Å². The minimum Gasteiger partial charge on any atom is -0.485 e. The average Bonchev–Trinajstić information content (AvgIpc) is 2.90. The SMILES string of the molecule is CCCCCCC(=O)c1ccc(OC(C)(C)C(O)CN2CCN(c3cc(=O)n(C(C)C)c(=O)n3C(C)C)CC2)cc1. The van der Waals surface area contributed by atoms with Crippen LogP contribution in [0.3, 0.4) is 0 Å². The van der Waals surface area contributed by atoms with E-state index in [0.717, 1.165) is 25.7 Å². The van der Waals surface area contributed by atoms with E-state index in [1.165, 1.54) is 4.57 Å². The first kappa shape index (κ1) is 32.6. The van der Waals surface area contributed by atoms with Crippen LogP contribution in [0.1, 0.15) is 103 Å². The molecular formula is C32H50N4O5. The summed E-state index contributed by atoms with van der Waals surface area (Å²) in [4.78, 5) is 42.6. The maximum absolute atomic E-state index is 13.1. The van der Waals surface area contributed by atoms with E-state index in [9.17, 15) is 19.5 Å². The van der Waals surface area contributed by atoms with Crippen molar-refractivity contribution in [1.82, 2.24) is 14.0 Å². The van der Waals surface area contributed by atoms with Gasteiger partial charge in [-0.2, -0.15) is 0 Å². The number of β-amino-alcohol motifs (C(OH)–C–C–N with tert-alkyl or cyclic N) is 1. The Morgan fingerprint density at radius 3 is 2.10 bits per heavy atom. The second-order valence-electron chi connectivity index (χ2n) is 12.3. The average molecular weight is 571 g/mol. The van der Waals surface area contributed by atoms with Crippen molar-refractivity contribution in [3.8, 4) is 5.75 Å². The quantitative estimate of drug-likeness (QED) is 0.261. The smallest absolute Gasteiger partial charge is 0.333 e. The number of aliphatic hydroxyl groups is 1. The molecule has 2 aromatic rings. The van der Waals surface area contributed by atoms with Gasteiger partial charge < -0.3 is 14.7 Å². The van der Waals surface area contributed by atoms with Crippen molar-refractivity contribution in [1.29, 1.82) is 0 Å². The standard InChI is InChI=1S/C32H50N4O5/c1-8-9-10-11-12-27(37)25-13-15-26(16-14-25)41-32(6,7)28(38)22-33-17-19-34(20-18-33)29-21-30(39)36(24(4)5)31(40)35(29)23(2)3/h13-16,21,23-24,28,38H,8-12,17-20,22H2,1-7H3. The predicted molar refractivity (Wildman–Crippen MR) is 165 cm³/mol. The van der Waals surface area contributed by atoms with Crippen molar-refractivity contribution >= 4 is 11.6 Å². The number of hydrogen-bond donors (Lipinski definition) is 1. The van der Waals surface area contributed by atoms with Gasteiger partial charge in [-0.3, -0.25) is 23.6 Å². The van der Waals surface area contributed by atoms with E-state index >= 15 is 0 Å². The van der Waals surface area contributed by atoms with Crippen LogP contribution in [-0.2, 0) is 0 Å². The number of rotatable bonds is 14. The Hall–Kier alpha value is -2.91. The number of nitrogens with zero attached hydrogens (tertiary/aromatic N) is 4. The zero-order valence-corrected chi connectivity index (χ0v) is 26.1. The fourth-order valence-electron chi connectivity index (χ4n) is 5.32. The second kappa shape index (κ2) is 14.3. The van der Waals surface area contributed by atoms with Gasteiger partial charge >= 0.3 is 5.69 Å². The number of aliphatic hydroxyl groups excluding tert-OH is 1. The fraction of sp³-hybridized carbons (Fsp3) is 0.656. The molecule has 0 aliphatic carbocycles. The zero-order chi connectivity index (χ0) is 30.3. The van der Waals surface area contributed by atoms with Crippen molar-refractivity contribution in [2.75, 3.05) is 37.6 Å². The van der Waals surface area contributed by atoms with Crippen molar-refractivity contribution < 1.29 is 14.6 Å². The molecule has 41 heavy (non-hydrogen) atoms. The van der Waals surface area contributed by atoms with Crippen LogP contribution in [-0.4, -0.2) is 69.4 Å². The summed E-state index contributed by atoms with van der Waals surface area (Å²) in [7, 11) is 0. The van der Waals surface area contributed by atoms with Crippen molar-refractivity contribution in [3.05, 3.63) is 56.7 Å². The molecule has 0 bridgehead atoms. The van der Waals surface area contributed by atoms with Gasteiger partial charge in [-0.1, -0.05) is 26.2 Å². The van der Waals surface area contributed by atoms with Crippen LogP contribution in [0, 0.1) is 0 Å². The Labute approximate surface area is 244 Å². The molecular weight excluding hydrogens is 520 g/mol. The number of benzene rings is 1. The van der Waals surface area contributed by atoms with E-state index in [1.807, 2.05) is 41.5 Å². The summed E-state index contributed by atoms with van der Waals surface area (Å²) in [6, 6.07) is 8.48. The predicted octanol–water partition coefficient (Wildman–Crippen LogP) is 4.67. The van der Waals surface area contributed by atoms with Crippen molar-refractivity contribution in [2.45, 2.75) is 104 Å². The van der Waals surface area contributed by atoms with E-state index in [4.69, 9.17) is 4.74 Å². The van der Waals surface area contributed by atoms with Crippen LogP contribution in [0.2, 0.25) is 0 Å². The first-order valence-electron chi connectivity index (χ1n) is 15.2. The Balaban J connectivity index is 1.58. The third kappa shape index (κ3) is 8.32. The molecule has 1 aromatic heterocycles. The van der Waals surface area contributed by atoms with Crippen LogP contribution in [0.15, 0.2) is 39.9 Å². The number of carbonyl (C=O) groups excluding carboxylic acids is 1. The van der Waals surface area contributed by atoms with Crippen LogP contribution < -0.4 is 20.9 Å². The van der Waals surface area contributed by atoms with E-state index < -0.39 is 11.7 Å². The molecule has 0 amide bonds. The summed E-state index contributed by atoms with van der Waals surface area (Å²) < 4.78 is 9.18. The van der Waals surface area contributed by atoms with Gasteiger partial charge in [0.1, 0.15) is 23.3 Å². The zero-order valence-electron chi connectivity index (χ0n) is 26.1. The lowest BCUT2D eigenvalue weighted by Gasteiger charge is -2.40. The third-order valence-corrected chi connectivity index (χ3v) is 7.93. The van der Waals surface area contributed by atoms with Crippen LogP contribution in [0.4, 0.5) is 5.82 Å². The number of aromatic nitrogens is 2. The molecule has 1 unspecified atom stereocenters. The lowest BCUT2D eigenvalue weighted by molar-refractivity contribution is -0.0449. The number of ketones is 1. The Kier molecular flexibility index (Phi) is 11.4. The highest BCUT2D eigenvalue weighted by Crippen LogP contribution is 2.24. The van der Waals surface area contributed by atoms with E-state index in [0.29, 0.717) is 56.3 Å². The maximum atomic E-state index is 13.1. The van der Waals surface area contributed by atoms with Gasteiger partial charge in [-0.05, 0) is 72.2 Å². The molecule has 3 rings (SSSR count). The summed E-state index contributed by atoms with van der Waals surface area (Å²) >= 11 is 0. The fourth-order valence-corrected chi connectivity index (χ4v) is 5.32. The number of anilines is 1. The molecule has 1 aliphatic heterocycles. The number of hydrogen-bond acceptors (Lipinski definition) is 7. The molecule has 1 saturated heterocycles. The van der Waals surface area contributed by atoms with Gasteiger partial charge in [0.2, 0.25) is 0 Å². The molecule has 1 atom stereocenters. The molecule has 0 radical (unpaired) electrons. The van der Waals surface area contributed by atoms with Crippen LogP contribution >= 0.6 is 0 Å². The van der Waals surface area contributed by atoms with Crippen LogP contribution in [0.25, 0.3) is 0 Å². The summed E-state index contributed by atoms with van der Waals surface area (Å²) in [6.07, 6.45) is 4.11. The molecule has 1 aromatic carbocycles. The Morgan fingerprint density at radius 2 is 1.54 bits per heavy atom. The Morgan fingerprint density at radius 1 is 0.927 bits per heavy atom. The molecule has 9 heteroatoms. The lowest BCUT2D eigenvalue weighted by Crippen LogP contribution is -2.54. The summed E-state index contributed by atoms with van der Waals surface area (Å²) in [6.45, 7) is 16.6. The van der Waals surface area contributed by atoms with Crippen molar-refractivity contribution in [2.24, 2.45) is 0 Å². The minimum absolute atomic E-state index is 0.0844. The molecule has 1 aliphatic rings. The highest BCUT2D eigenvalue weighted by atomic mass is 16.5. The molecule has 2 heterocycles. The molecule has 9 nitrogen and oxygen atoms in total. The number of Topliss-reactive ketones (excluding diaryl/α,β-unsaturated/α-hetero) is 1. The van der Waals surface area contributed by atoms with Gasteiger partial charge in [-0.15, -0.1) is 0 Å². The van der Waals surface area contributed by atoms with Gasteiger partial charge in [0.15, 0.2) is 5.78 Å². The molecule has 1 fully saturated rings. The number of ether oxygens (including phenoxy) is 1. The van der Waals surface area contributed by atoms with E-state index in [2.05, 4.69) is 16.7 Å². The molecule has 228 valence electrons. The summed E-state index contributed by atoms with van der Waals surface area (Å²) in [5.74, 6) is 1.42. The van der Waals surface area contributed by atoms with E-state index in [1.54, 1.807) is 34.9 Å². The highest BCUT2D eigenvalue weighted by molar-refractivity contribution is 5.96. The highest BCUT2D eigenvalue weighted by Gasteiger charge is 2.33. The largest absolute Gasteiger partial charge is 0.485 e. The number of piperazine rings is 1. The monoisotopic (exact) mass is 570 g/mol. The molecule has 0 saturated carbocycles.